The summed E-state index contributed by atoms with van der Waals surface area (Å²) in [6.07, 6.45) is 4.65. The maximum absolute atomic E-state index is 12.7. The number of benzene rings is 1. The van der Waals surface area contributed by atoms with E-state index in [2.05, 4.69) is 10.2 Å². The van der Waals surface area contributed by atoms with Gasteiger partial charge in [-0.05, 0) is 44.0 Å². The highest BCUT2D eigenvalue weighted by Gasteiger charge is 2.24. The van der Waals surface area contributed by atoms with E-state index >= 15 is 0 Å². The van der Waals surface area contributed by atoms with Crippen LogP contribution in [0.5, 0.6) is 0 Å². The number of carbonyl (C=O) groups excluding carboxylic acids is 1. The molecule has 1 aromatic carbocycles. The van der Waals surface area contributed by atoms with Crippen molar-refractivity contribution in [2.75, 3.05) is 13.1 Å². The summed E-state index contributed by atoms with van der Waals surface area (Å²) < 4.78 is 1.93. The molecule has 134 valence electrons. The average Bonchev–Trinajstić information content (AvgIpc) is 2.82. The topological polar surface area (TPSA) is 51.0 Å². The van der Waals surface area contributed by atoms with Crippen LogP contribution in [-0.2, 0) is 11.8 Å². The highest BCUT2D eigenvalue weighted by atomic mass is 35.5. The number of hydrogen-bond acceptors (Lipinski definition) is 4. The molecule has 3 rings (SSSR count). The molecular weight excluding hydrogens is 356 g/mol. The summed E-state index contributed by atoms with van der Waals surface area (Å²) >= 11 is 7.41. The number of carbonyl (C=O) groups is 1. The summed E-state index contributed by atoms with van der Waals surface area (Å²) in [7, 11) is 1.93. The predicted octanol–water partition coefficient (Wildman–Crippen LogP) is 4.02. The fourth-order valence-electron chi connectivity index (χ4n) is 3.02. The molecule has 1 aliphatic rings. The summed E-state index contributed by atoms with van der Waals surface area (Å²) in [6, 6.07) is 7.52. The maximum atomic E-state index is 12.7. The fourth-order valence-corrected chi connectivity index (χ4v) is 4.05. The Morgan fingerprint density at radius 2 is 1.76 bits per heavy atom. The van der Waals surface area contributed by atoms with Gasteiger partial charge in [0.25, 0.3) is 0 Å². The Kier molecular flexibility index (Phi) is 6.02. The summed E-state index contributed by atoms with van der Waals surface area (Å²) in [4.78, 5) is 14.7. The van der Waals surface area contributed by atoms with Crippen LogP contribution < -0.4 is 0 Å². The second-order valence-electron chi connectivity index (χ2n) is 6.37. The van der Waals surface area contributed by atoms with E-state index in [-0.39, 0.29) is 11.2 Å². The molecule has 0 spiro atoms. The van der Waals surface area contributed by atoms with E-state index in [1.165, 1.54) is 24.6 Å². The number of thioether (sulfide) groups is 1. The molecule has 1 fully saturated rings. The number of hydrogen-bond donors (Lipinski definition) is 0. The van der Waals surface area contributed by atoms with Crippen LogP contribution in [0, 0.1) is 0 Å². The van der Waals surface area contributed by atoms with E-state index < -0.39 is 0 Å². The first-order valence-corrected chi connectivity index (χ1v) is 9.93. The van der Waals surface area contributed by atoms with Gasteiger partial charge in [-0.3, -0.25) is 4.79 Å². The van der Waals surface area contributed by atoms with Crippen molar-refractivity contribution in [2.45, 2.75) is 43.0 Å². The van der Waals surface area contributed by atoms with E-state index in [1.54, 1.807) is 0 Å². The number of aromatic nitrogens is 3. The molecule has 2 heterocycles. The molecule has 1 saturated heterocycles. The Bertz CT molecular complexity index is 723. The van der Waals surface area contributed by atoms with Gasteiger partial charge in [0.05, 0.1) is 5.25 Å². The zero-order valence-electron chi connectivity index (χ0n) is 14.6. The molecule has 0 N–H and O–H groups in total. The van der Waals surface area contributed by atoms with Gasteiger partial charge in [-0.2, -0.15) is 0 Å². The van der Waals surface area contributed by atoms with Gasteiger partial charge >= 0.3 is 0 Å². The molecule has 5 nitrogen and oxygen atoms in total. The molecule has 1 aromatic heterocycles. The normalized spacial score (nSPS) is 16.5. The largest absolute Gasteiger partial charge is 0.342 e. The van der Waals surface area contributed by atoms with Gasteiger partial charge < -0.3 is 9.47 Å². The first kappa shape index (κ1) is 18.3. The molecule has 7 heteroatoms. The van der Waals surface area contributed by atoms with Gasteiger partial charge in [-0.25, -0.2) is 0 Å². The van der Waals surface area contributed by atoms with Crippen LogP contribution in [-0.4, -0.2) is 43.9 Å². The van der Waals surface area contributed by atoms with Gasteiger partial charge in [0.1, 0.15) is 0 Å². The molecule has 0 bridgehead atoms. The summed E-state index contributed by atoms with van der Waals surface area (Å²) in [5.74, 6) is 0.969. The van der Waals surface area contributed by atoms with E-state index in [9.17, 15) is 4.79 Å². The van der Waals surface area contributed by atoms with E-state index in [0.29, 0.717) is 5.02 Å². The molecule has 1 atom stereocenters. The number of amides is 1. The number of rotatable bonds is 4. The van der Waals surface area contributed by atoms with Crippen LogP contribution in [0.2, 0.25) is 5.02 Å². The van der Waals surface area contributed by atoms with Crippen LogP contribution in [0.15, 0.2) is 29.4 Å². The SMILES string of the molecule is CC(Sc1nnc(-c2ccc(Cl)cc2)n1C)C(=O)N1CCCCCC1. The lowest BCUT2D eigenvalue weighted by Gasteiger charge is -2.23. The fraction of sp³-hybridized carbons (Fsp3) is 0.500. The minimum absolute atomic E-state index is 0.168. The highest BCUT2D eigenvalue weighted by Crippen LogP contribution is 2.27. The van der Waals surface area contributed by atoms with Crippen LogP contribution in [0.25, 0.3) is 11.4 Å². The monoisotopic (exact) mass is 378 g/mol. The lowest BCUT2D eigenvalue weighted by molar-refractivity contribution is -0.130. The first-order chi connectivity index (χ1) is 12.1. The molecule has 25 heavy (non-hydrogen) atoms. The summed E-state index contributed by atoms with van der Waals surface area (Å²) in [6.45, 7) is 3.70. The Hall–Kier alpha value is -1.53. The lowest BCUT2D eigenvalue weighted by atomic mass is 10.2. The van der Waals surface area contributed by atoms with Crippen LogP contribution in [0.4, 0.5) is 0 Å². The highest BCUT2D eigenvalue weighted by molar-refractivity contribution is 8.00. The second-order valence-corrected chi connectivity index (χ2v) is 8.12. The minimum atomic E-state index is -0.168. The van der Waals surface area contributed by atoms with Crippen molar-refractivity contribution >= 4 is 29.3 Å². The van der Waals surface area contributed by atoms with Crippen LogP contribution >= 0.6 is 23.4 Å². The summed E-state index contributed by atoms with van der Waals surface area (Å²) in [5, 5.41) is 9.83. The minimum Gasteiger partial charge on any atom is -0.342 e. The van der Waals surface area contributed by atoms with Crippen LogP contribution in [0.1, 0.15) is 32.6 Å². The van der Waals surface area contributed by atoms with Gasteiger partial charge in [0.2, 0.25) is 5.91 Å². The standard InChI is InChI=1S/C18H23ClN4OS/c1-13(17(24)23-11-5-3-4-6-12-23)25-18-21-20-16(22(18)2)14-7-9-15(19)10-8-14/h7-10,13H,3-6,11-12H2,1-2H3. The van der Waals surface area contributed by atoms with Crippen LogP contribution in [0.3, 0.4) is 0 Å². The molecule has 0 aliphatic carbocycles. The van der Waals surface area contributed by atoms with Crippen molar-refractivity contribution < 1.29 is 4.79 Å². The van der Waals surface area contributed by atoms with Gasteiger partial charge in [-0.1, -0.05) is 36.2 Å². The van der Waals surface area contributed by atoms with Crippen molar-refractivity contribution in [2.24, 2.45) is 7.05 Å². The smallest absolute Gasteiger partial charge is 0.235 e. The number of nitrogens with zero attached hydrogens (tertiary/aromatic N) is 4. The maximum Gasteiger partial charge on any atom is 0.235 e. The predicted molar refractivity (Wildman–Crippen MR) is 102 cm³/mol. The molecule has 2 aromatic rings. The zero-order chi connectivity index (χ0) is 17.8. The Balaban J connectivity index is 1.70. The molecule has 1 unspecified atom stereocenters. The van der Waals surface area contributed by atoms with Crippen molar-refractivity contribution in [3.8, 4) is 11.4 Å². The van der Waals surface area contributed by atoms with Gasteiger partial charge in [-0.15, -0.1) is 10.2 Å². The third-order valence-electron chi connectivity index (χ3n) is 4.49. The second kappa shape index (κ2) is 8.23. The third-order valence-corrected chi connectivity index (χ3v) is 5.86. The molecule has 1 amide bonds. The number of likely N-dealkylation sites (tertiary alicyclic amines) is 1. The van der Waals surface area contributed by atoms with Crippen molar-refractivity contribution in [1.82, 2.24) is 19.7 Å². The van der Waals surface area contributed by atoms with Crippen molar-refractivity contribution in [1.29, 1.82) is 0 Å². The van der Waals surface area contributed by atoms with E-state index in [0.717, 1.165) is 42.5 Å². The summed E-state index contributed by atoms with van der Waals surface area (Å²) in [5.41, 5.74) is 0.956. The Morgan fingerprint density at radius 1 is 1.12 bits per heavy atom. The Morgan fingerprint density at radius 3 is 2.40 bits per heavy atom. The van der Waals surface area contributed by atoms with Gasteiger partial charge in [0, 0.05) is 30.7 Å². The molecule has 0 radical (unpaired) electrons. The number of halogens is 1. The van der Waals surface area contributed by atoms with E-state index in [4.69, 9.17) is 11.6 Å². The van der Waals surface area contributed by atoms with Gasteiger partial charge in [0.15, 0.2) is 11.0 Å². The quantitative estimate of drug-likeness (QED) is 0.754. The Labute approximate surface area is 157 Å². The average molecular weight is 379 g/mol. The third kappa shape index (κ3) is 4.36. The molecule has 1 aliphatic heterocycles. The first-order valence-electron chi connectivity index (χ1n) is 8.67. The molecular formula is C18H23ClN4OS. The van der Waals surface area contributed by atoms with Crippen molar-refractivity contribution in [3.63, 3.8) is 0 Å². The van der Waals surface area contributed by atoms with E-state index in [1.807, 2.05) is 47.7 Å². The lowest BCUT2D eigenvalue weighted by Crippen LogP contribution is -2.37. The zero-order valence-corrected chi connectivity index (χ0v) is 16.2. The van der Waals surface area contributed by atoms with Crippen molar-refractivity contribution in [3.05, 3.63) is 29.3 Å². The molecule has 0 saturated carbocycles.